The summed E-state index contributed by atoms with van der Waals surface area (Å²) in [6.07, 6.45) is 0.346. The molecule has 0 spiro atoms. The van der Waals surface area contributed by atoms with E-state index in [0.29, 0.717) is 18.8 Å². The molecule has 5 nitrogen and oxygen atoms in total. The Hall–Kier alpha value is -3.47. The van der Waals surface area contributed by atoms with Crippen molar-refractivity contribution in [3.8, 4) is 0 Å². The molecule has 3 aromatic carbocycles. The number of fused-ring (bicyclic) bond motifs is 3. The summed E-state index contributed by atoms with van der Waals surface area (Å²) in [5, 5.41) is 2.27. The van der Waals surface area contributed by atoms with Gasteiger partial charge in [-0.15, -0.1) is 0 Å². The number of amides is 1. The smallest absolute Gasteiger partial charge is 0.232 e. The summed E-state index contributed by atoms with van der Waals surface area (Å²) in [5.74, 6) is 1.46. The minimum Gasteiger partial charge on any atom is -0.355 e. The average molecular weight is 368 g/mol. The molecule has 2 heterocycles. The van der Waals surface area contributed by atoms with Crippen LogP contribution < -0.4 is 9.80 Å². The third-order valence-corrected chi connectivity index (χ3v) is 5.33. The number of carbonyl (C=O) groups excluding carboxylic acids is 1. The fraction of sp³-hybridized carbons (Fsp3) is 0.174. The van der Waals surface area contributed by atoms with Gasteiger partial charge >= 0.3 is 0 Å². The first-order chi connectivity index (χ1) is 13.7. The summed E-state index contributed by atoms with van der Waals surface area (Å²) in [5.41, 5.74) is 2.69. The monoisotopic (exact) mass is 368 g/mol. The molecule has 1 amide bonds. The molecule has 0 saturated carbocycles. The minimum atomic E-state index is 0.0512. The summed E-state index contributed by atoms with van der Waals surface area (Å²) in [6.45, 7) is 1.35. The number of hydrogen-bond donors (Lipinski definition) is 0. The molecule has 4 aromatic rings. The molecule has 5 heteroatoms. The highest BCUT2D eigenvalue weighted by Gasteiger charge is 2.28. The van der Waals surface area contributed by atoms with Crippen LogP contribution in [0.2, 0.25) is 0 Å². The van der Waals surface area contributed by atoms with Gasteiger partial charge < -0.3 is 4.90 Å². The van der Waals surface area contributed by atoms with Crippen LogP contribution in [-0.2, 0) is 11.2 Å². The lowest BCUT2D eigenvalue weighted by Gasteiger charge is -2.33. The topological polar surface area (TPSA) is 49.3 Å². The minimum absolute atomic E-state index is 0.0512. The SMILES string of the molecule is CN1CCN(C(=O)Cc2cccc3ccccc23)c2nc3ccccc3nc21. The zero-order valence-corrected chi connectivity index (χ0v) is 15.7. The van der Waals surface area contributed by atoms with Gasteiger partial charge in [-0.25, -0.2) is 9.97 Å². The summed E-state index contributed by atoms with van der Waals surface area (Å²) in [7, 11) is 1.99. The van der Waals surface area contributed by atoms with Gasteiger partial charge in [-0.1, -0.05) is 54.6 Å². The fourth-order valence-corrected chi connectivity index (χ4v) is 3.83. The lowest BCUT2D eigenvalue weighted by Crippen LogP contribution is -2.44. The number of likely N-dealkylation sites (N-methyl/N-ethyl adjacent to an activating group) is 1. The van der Waals surface area contributed by atoms with Gasteiger partial charge in [-0.3, -0.25) is 9.69 Å². The van der Waals surface area contributed by atoms with E-state index in [9.17, 15) is 4.79 Å². The summed E-state index contributed by atoms with van der Waals surface area (Å²) in [6, 6.07) is 22.1. The van der Waals surface area contributed by atoms with Crippen LogP contribution in [0.4, 0.5) is 11.6 Å². The van der Waals surface area contributed by atoms with Crippen LogP contribution in [0.15, 0.2) is 66.7 Å². The van der Waals surface area contributed by atoms with E-state index < -0.39 is 0 Å². The number of aromatic nitrogens is 2. The van der Waals surface area contributed by atoms with Gasteiger partial charge in [0.25, 0.3) is 0 Å². The zero-order chi connectivity index (χ0) is 19.1. The molecule has 1 aromatic heterocycles. The molecule has 138 valence electrons. The standard InChI is InChI=1S/C23H20N4O/c1-26-13-14-27(23-22(26)24-19-11-4-5-12-20(19)25-23)21(28)15-17-9-6-8-16-7-2-3-10-18(16)17/h2-12H,13-15H2,1H3. The van der Waals surface area contributed by atoms with E-state index in [1.165, 1.54) is 0 Å². The zero-order valence-electron chi connectivity index (χ0n) is 15.7. The van der Waals surface area contributed by atoms with Gasteiger partial charge in [0, 0.05) is 20.1 Å². The summed E-state index contributed by atoms with van der Waals surface area (Å²) in [4.78, 5) is 26.6. The molecule has 0 atom stereocenters. The second-order valence-corrected chi connectivity index (χ2v) is 7.14. The van der Waals surface area contributed by atoms with Gasteiger partial charge in [-0.2, -0.15) is 0 Å². The van der Waals surface area contributed by atoms with Crippen LogP contribution in [0.1, 0.15) is 5.56 Å². The van der Waals surface area contributed by atoms with Gasteiger partial charge in [0.15, 0.2) is 11.6 Å². The number of anilines is 2. The Morgan fingerprint density at radius 1 is 0.857 bits per heavy atom. The van der Waals surface area contributed by atoms with Crippen LogP contribution in [0.25, 0.3) is 21.8 Å². The lowest BCUT2D eigenvalue weighted by molar-refractivity contribution is -0.118. The summed E-state index contributed by atoms with van der Waals surface area (Å²) >= 11 is 0. The van der Waals surface area contributed by atoms with Crippen molar-refractivity contribution in [2.45, 2.75) is 6.42 Å². The Labute approximate surface area is 163 Å². The van der Waals surface area contributed by atoms with Gasteiger partial charge in [0.2, 0.25) is 5.91 Å². The molecule has 0 N–H and O–H groups in total. The van der Waals surface area contributed by atoms with E-state index in [0.717, 1.165) is 39.7 Å². The fourth-order valence-electron chi connectivity index (χ4n) is 3.83. The van der Waals surface area contributed by atoms with Crippen molar-refractivity contribution in [3.05, 3.63) is 72.3 Å². The third-order valence-electron chi connectivity index (χ3n) is 5.33. The molecule has 0 fully saturated rings. The van der Waals surface area contributed by atoms with Gasteiger partial charge in [-0.05, 0) is 28.5 Å². The maximum absolute atomic E-state index is 13.3. The number of carbonyl (C=O) groups is 1. The number of para-hydroxylation sites is 2. The van der Waals surface area contributed by atoms with Crippen molar-refractivity contribution in [3.63, 3.8) is 0 Å². The van der Waals surface area contributed by atoms with Gasteiger partial charge in [0.05, 0.1) is 17.5 Å². The predicted octanol–water partition coefficient (Wildman–Crippen LogP) is 3.81. The molecule has 0 saturated heterocycles. The van der Waals surface area contributed by atoms with Gasteiger partial charge in [0.1, 0.15) is 0 Å². The molecular formula is C23H20N4O. The highest BCUT2D eigenvalue weighted by Crippen LogP contribution is 2.31. The molecule has 0 aliphatic carbocycles. The average Bonchev–Trinajstić information content (AvgIpc) is 2.73. The molecule has 1 aliphatic heterocycles. The largest absolute Gasteiger partial charge is 0.355 e. The van der Waals surface area contributed by atoms with Crippen molar-refractivity contribution in [1.82, 2.24) is 9.97 Å². The molecular weight excluding hydrogens is 348 g/mol. The van der Waals surface area contributed by atoms with Crippen LogP contribution in [-0.4, -0.2) is 36.0 Å². The molecule has 28 heavy (non-hydrogen) atoms. The molecule has 0 unspecified atom stereocenters. The van der Waals surface area contributed by atoms with Crippen molar-refractivity contribution in [1.29, 1.82) is 0 Å². The second-order valence-electron chi connectivity index (χ2n) is 7.14. The Kier molecular flexibility index (Phi) is 3.93. The number of benzene rings is 3. The van der Waals surface area contributed by atoms with E-state index in [2.05, 4.69) is 23.1 Å². The Balaban J connectivity index is 1.54. The van der Waals surface area contributed by atoms with E-state index in [1.807, 2.05) is 55.6 Å². The van der Waals surface area contributed by atoms with Crippen LogP contribution in [0.5, 0.6) is 0 Å². The predicted molar refractivity (Wildman–Crippen MR) is 113 cm³/mol. The summed E-state index contributed by atoms with van der Waals surface area (Å²) < 4.78 is 0. The van der Waals surface area contributed by atoms with Crippen molar-refractivity contribution in [2.24, 2.45) is 0 Å². The Morgan fingerprint density at radius 3 is 2.36 bits per heavy atom. The normalized spacial score (nSPS) is 13.8. The van der Waals surface area contributed by atoms with Crippen LogP contribution >= 0.6 is 0 Å². The van der Waals surface area contributed by atoms with E-state index >= 15 is 0 Å². The van der Waals surface area contributed by atoms with Crippen molar-refractivity contribution in [2.75, 3.05) is 29.9 Å². The van der Waals surface area contributed by atoms with Crippen LogP contribution in [0, 0.1) is 0 Å². The lowest BCUT2D eigenvalue weighted by atomic mass is 10.0. The maximum Gasteiger partial charge on any atom is 0.232 e. The molecule has 1 aliphatic rings. The highest BCUT2D eigenvalue weighted by atomic mass is 16.2. The first kappa shape index (κ1) is 16.7. The van der Waals surface area contributed by atoms with E-state index in [-0.39, 0.29) is 5.91 Å². The third kappa shape index (κ3) is 2.76. The number of hydrogen-bond acceptors (Lipinski definition) is 4. The Bertz CT molecular complexity index is 1200. The Morgan fingerprint density at radius 2 is 1.54 bits per heavy atom. The van der Waals surface area contributed by atoms with E-state index in [4.69, 9.17) is 9.97 Å². The maximum atomic E-state index is 13.3. The first-order valence-electron chi connectivity index (χ1n) is 9.45. The van der Waals surface area contributed by atoms with E-state index in [1.54, 1.807) is 4.90 Å². The van der Waals surface area contributed by atoms with Crippen molar-refractivity contribution >= 4 is 39.3 Å². The number of rotatable bonds is 2. The quantitative estimate of drug-likeness (QED) is 0.540. The molecule has 0 bridgehead atoms. The highest BCUT2D eigenvalue weighted by molar-refractivity contribution is 6.00. The first-order valence-corrected chi connectivity index (χ1v) is 9.45. The second kappa shape index (κ2) is 6.60. The number of nitrogens with zero attached hydrogens (tertiary/aromatic N) is 4. The molecule has 5 rings (SSSR count). The van der Waals surface area contributed by atoms with Crippen molar-refractivity contribution < 1.29 is 4.79 Å². The van der Waals surface area contributed by atoms with Crippen LogP contribution in [0.3, 0.4) is 0 Å². The molecule has 0 radical (unpaired) electrons.